The van der Waals surface area contributed by atoms with Gasteiger partial charge in [-0.2, -0.15) is 0 Å². The lowest BCUT2D eigenvalue weighted by Crippen LogP contribution is -2.31. The molecule has 1 rings (SSSR count). The molecule has 0 aromatic carbocycles. The number of hydrogen-bond acceptors (Lipinski definition) is 3. The predicted molar refractivity (Wildman–Crippen MR) is 63.2 cm³/mol. The molecule has 0 bridgehead atoms. The van der Waals surface area contributed by atoms with Crippen molar-refractivity contribution in [3.05, 3.63) is 23.4 Å². The van der Waals surface area contributed by atoms with Gasteiger partial charge in [0, 0.05) is 6.20 Å². The van der Waals surface area contributed by atoms with E-state index in [0.717, 1.165) is 12.2 Å². The maximum atomic E-state index is 9.23. The second-order valence-electron chi connectivity index (χ2n) is 3.68. The molecule has 2 N–H and O–H groups in total. The lowest BCUT2D eigenvalue weighted by atomic mass is 10.00. The molecule has 0 fully saturated rings. The molecule has 0 aliphatic heterocycles. The molecular weight excluding hydrogens is 212 g/mol. The molecule has 1 aromatic heterocycles. The smallest absolute Gasteiger partial charge is 0.126 e. The number of aliphatic hydroxyl groups is 1. The Hall–Kier alpha value is -0.800. The van der Waals surface area contributed by atoms with Crippen LogP contribution in [0.1, 0.15) is 20.3 Å². The van der Waals surface area contributed by atoms with Gasteiger partial charge in [-0.15, -0.1) is 0 Å². The van der Waals surface area contributed by atoms with Crippen LogP contribution >= 0.6 is 11.6 Å². The van der Waals surface area contributed by atoms with E-state index in [1.165, 1.54) is 0 Å². The first kappa shape index (κ1) is 12.3. The second kappa shape index (κ2) is 5.93. The van der Waals surface area contributed by atoms with E-state index < -0.39 is 0 Å². The monoisotopic (exact) mass is 228 g/mol. The maximum Gasteiger partial charge on any atom is 0.126 e. The summed E-state index contributed by atoms with van der Waals surface area (Å²) in [5.41, 5.74) is 0. The van der Waals surface area contributed by atoms with Crippen LogP contribution in [0.25, 0.3) is 0 Å². The van der Waals surface area contributed by atoms with Crippen molar-refractivity contribution in [1.29, 1.82) is 0 Å². The predicted octanol–water partition coefficient (Wildman–Crippen LogP) is 2.55. The normalized spacial score (nSPS) is 14.7. The molecule has 0 amide bonds. The number of aliphatic hydroxyl groups excluding tert-OH is 1. The zero-order chi connectivity index (χ0) is 11.3. The summed E-state index contributed by atoms with van der Waals surface area (Å²) < 4.78 is 0. The van der Waals surface area contributed by atoms with Crippen molar-refractivity contribution in [2.75, 3.05) is 11.9 Å². The highest BCUT2D eigenvalue weighted by Crippen LogP contribution is 2.14. The summed E-state index contributed by atoms with van der Waals surface area (Å²) in [5.74, 6) is 1.16. The van der Waals surface area contributed by atoms with Gasteiger partial charge in [-0.3, -0.25) is 0 Å². The highest BCUT2D eigenvalue weighted by molar-refractivity contribution is 6.30. The van der Waals surface area contributed by atoms with Crippen LogP contribution in [0.15, 0.2) is 18.3 Å². The van der Waals surface area contributed by atoms with E-state index in [4.69, 9.17) is 11.6 Å². The van der Waals surface area contributed by atoms with Gasteiger partial charge in [-0.1, -0.05) is 31.9 Å². The van der Waals surface area contributed by atoms with Gasteiger partial charge in [0.25, 0.3) is 0 Å². The number of anilines is 1. The van der Waals surface area contributed by atoms with Gasteiger partial charge in [-0.25, -0.2) is 4.98 Å². The third kappa shape index (κ3) is 3.68. The van der Waals surface area contributed by atoms with Gasteiger partial charge in [-0.05, 0) is 18.1 Å². The van der Waals surface area contributed by atoms with Crippen LogP contribution in [0.2, 0.25) is 5.02 Å². The highest BCUT2D eigenvalue weighted by atomic mass is 35.5. The van der Waals surface area contributed by atoms with E-state index in [1.54, 1.807) is 12.3 Å². The molecule has 0 saturated heterocycles. The summed E-state index contributed by atoms with van der Waals surface area (Å²) >= 11 is 5.73. The summed E-state index contributed by atoms with van der Waals surface area (Å²) in [5, 5.41) is 13.0. The Kier molecular flexibility index (Phi) is 4.85. The number of nitrogens with zero attached hydrogens (tertiary/aromatic N) is 1. The van der Waals surface area contributed by atoms with Gasteiger partial charge < -0.3 is 10.4 Å². The van der Waals surface area contributed by atoms with Crippen molar-refractivity contribution in [3.63, 3.8) is 0 Å². The molecule has 2 atom stereocenters. The fraction of sp³-hybridized carbons (Fsp3) is 0.545. The SMILES string of the molecule is CC[C@H](C)[C@@H](CO)Nc1ccc(Cl)cn1. The Balaban J connectivity index is 2.62. The van der Waals surface area contributed by atoms with Crippen molar-refractivity contribution in [2.45, 2.75) is 26.3 Å². The average Bonchev–Trinajstić information content (AvgIpc) is 2.27. The molecule has 15 heavy (non-hydrogen) atoms. The second-order valence-corrected chi connectivity index (χ2v) is 4.12. The Bertz CT molecular complexity index is 289. The third-order valence-electron chi connectivity index (χ3n) is 2.59. The topological polar surface area (TPSA) is 45.1 Å². The Morgan fingerprint density at radius 2 is 2.27 bits per heavy atom. The van der Waals surface area contributed by atoms with Crippen molar-refractivity contribution in [1.82, 2.24) is 4.98 Å². The molecule has 0 aliphatic rings. The van der Waals surface area contributed by atoms with Gasteiger partial charge in [0.1, 0.15) is 5.82 Å². The molecule has 0 saturated carbocycles. The molecule has 84 valence electrons. The average molecular weight is 229 g/mol. The van der Waals surface area contributed by atoms with E-state index in [1.807, 2.05) is 6.07 Å². The van der Waals surface area contributed by atoms with E-state index >= 15 is 0 Å². The summed E-state index contributed by atoms with van der Waals surface area (Å²) in [6, 6.07) is 3.64. The molecule has 0 unspecified atom stereocenters. The van der Waals surface area contributed by atoms with Gasteiger partial charge in [0.15, 0.2) is 0 Å². The summed E-state index contributed by atoms with van der Waals surface area (Å²) in [7, 11) is 0. The van der Waals surface area contributed by atoms with Crippen LogP contribution in [0, 0.1) is 5.92 Å². The quantitative estimate of drug-likeness (QED) is 0.814. The molecule has 0 radical (unpaired) electrons. The zero-order valence-corrected chi connectivity index (χ0v) is 9.83. The maximum absolute atomic E-state index is 9.23. The number of halogens is 1. The summed E-state index contributed by atoms with van der Waals surface area (Å²) in [6.45, 7) is 4.31. The van der Waals surface area contributed by atoms with Gasteiger partial charge in [0.05, 0.1) is 17.7 Å². The third-order valence-corrected chi connectivity index (χ3v) is 2.81. The van der Waals surface area contributed by atoms with E-state index in [0.29, 0.717) is 10.9 Å². The minimum Gasteiger partial charge on any atom is -0.394 e. The van der Waals surface area contributed by atoms with Crippen LogP contribution in [0.5, 0.6) is 0 Å². The minimum absolute atomic E-state index is 0.0451. The zero-order valence-electron chi connectivity index (χ0n) is 9.07. The summed E-state index contributed by atoms with van der Waals surface area (Å²) in [4.78, 5) is 4.13. The van der Waals surface area contributed by atoms with Crippen molar-refractivity contribution < 1.29 is 5.11 Å². The largest absolute Gasteiger partial charge is 0.394 e. The van der Waals surface area contributed by atoms with E-state index in [9.17, 15) is 5.11 Å². The van der Waals surface area contributed by atoms with Crippen molar-refractivity contribution in [2.24, 2.45) is 5.92 Å². The number of pyridine rings is 1. The standard InChI is InChI=1S/C11H17ClN2O/c1-3-8(2)10(7-15)14-11-5-4-9(12)6-13-11/h4-6,8,10,15H,3,7H2,1-2H3,(H,13,14)/t8-,10+/m0/s1. The Morgan fingerprint density at radius 3 is 2.73 bits per heavy atom. The van der Waals surface area contributed by atoms with Crippen LogP contribution < -0.4 is 5.32 Å². The van der Waals surface area contributed by atoms with Gasteiger partial charge >= 0.3 is 0 Å². The van der Waals surface area contributed by atoms with Crippen molar-refractivity contribution >= 4 is 17.4 Å². The first-order valence-corrected chi connectivity index (χ1v) is 5.54. The molecule has 0 aliphatic carbocycles. The number of rotatable bonds is 5. The number of nitrogens with one attached hydrogen (secondary N) is 1. The summed E-state index contributed by atoms with van der Waals surface area (Å²) in [6.07, 6.45) is 2.61. The molecule has 0 spiro atoms. The van der Waals surface area contributed by atoms with E-state index in [2.05, 4.69) is 24.1 Å². The first-order chi connectivity index (χ1) is 7.17. The minimum atomic E-state index is 0.0451. The van der Waals surface area contributed by atoms with E-state index in [-0.39, 0.29) is 12.6 Å². The lowest BCUT2D eigenvalue weighted by molar-refractivity contribution is 0.241. The number of aromatic nitrogens is 1. The van der Waals surface area contributed by atoms with Crippen LogP contribution in [0.4, 0.5) is 5.82 Å². The van der Waals surface area contributed by atoms with Crippen LogP contribution in [-0.4, -0.2) is 22.7 Å². The van der Waals surface area contributed by atoms with Crippen molar-refractivity contribution in [3.8, 4) is 0 Å². The number of hydrogen-bond donors (Lipinski definition) is 2. The molecule has 4 heteroatoms. The fourth-order valence-corrected chi connectivity index (χ4v) is 1.42. The Morgan fingerprint density at radius 1 is 1.53 bits per heavy atom. The van der Waals surface area contributed by atoms with Crippen LogP contribution in [-0.2, 0) is 0 Å². The molecule has 3 nitrogen and oxygen atoms in total. The van der Waals surface area contributed by atoms with Gasteiger partial charge in [0.2, 0.25) is 0 Å². The Labute approximate surface area is 95.5 Å². The highest BCUT2D eigenvalue weighted by Gasteiger charge is 2.14. The fourth-order valence-electron chi connectivity index (χ4n) is 1.30. The molecular formula is C11H17ClN2O. The first-order valence-electron chi connectivity index (χ1n) is 5.16. The molecule has 1 heterocycles. The molecule has 1 aromatic rings. The lowest BCUT2D eigenvalue weighted by Gasteiger charge is -2.22. The van der Waals surface area contributed by atoms with Crippen LogP contribution in [0.3, 0.4) is 0 Å².